The van der Waals surface area contributed by atoms with Crippen LogP contribution in [0.2, 0.25) is 0 Å². The molecule has 4 heteroatoms. The lowest BCUT2D eigenvalue weighted by molar-refractivity contribution is 0.0699. The summed E-state index contributed by atoms with van der Waals surface area (Å²) in [5, 5.41) is 9.93. The Morgan fingerprint density at radius 1 is 1.19 bits per heavy atom. The highest BCUT2D eigenvalue weighted by atomic mass is 16.4. The molecule has 110 valence electrons. The Hall–Kier alpha value is -2.10. The van der Waals surface area contributed by atoms with E-state index in [1.807, 2.05) is 18.2 Å². The first-order valence-corrected chi connectivity index (χ1v) is 7.53. The van der Waals surface area contributed by atoms with E-state index in [2.05, 4.69) is 16.9 Å². The SMILES string of the molecule is CN(c1ccc2c(C(=O)O)cccc2n1)C1CCCCC1. The van der Waals surface area contributed by atoms with Crippen LogP contribution in [0.5, 0.6) is 0 Å². The standard InChI is InChI=1S/C17H20N2O2/c1-19(12-6-3-2-4-7-12)16-11-10-13-14(17(20)21)8-5-9-15(13)18-16/h5,8-12H,2-4,6-7H2,1H3,(H,20,21). The van der Waals surface area contributed by atoms with Crippen molar-refractivity contribution in [3.05, 3.63) is 35.9 Å². The zero-order valence-electron chi connectivity index (χ0n) is 12.2. The maximum atomic E-state index is 11.2. The summed E-state index contributed by atoms with van der Waals surface area (Å²) in [5.74, 6) is 0.0210. The quantitative estimate of drug-likeness (QED) is 0.933. The number of hydrogen-bond donors (Lipinski definition) is 1. The van der Waals surface area contributed by atoms with Crippen LogP contribution in [0.3, 0.4) is 0 Å². The highest BCUT2D eigenvalue weighted by Crippen LogP contribution is 2.27. The molecular weight excluding hydrogens is 264 g/mol. The molecule has 4 nitrogen and oxygen atoms in total. The molecule has 1 aliphatic rings. The van der Waals surface area contributed by atoms with Gasteiger partial charge in [-0.2, -0.15) is 0 Å². The van der Waals surface area contributed by atoms with Crippen LogP contribution in [0.4, 0.5) is 5.82 Å². The number of carbonyl (C=O) groups is 1. The molecule has 1 aliphatic carbocycles. The summed E-state index contributed by atoms with van der Waals surface area (Å²) in [6.07, 6.45) is 6.33. The Kier molecular flexibility index (Phi) is 3.78. The van der Waals surface area contributed by atoms with Gasteiger partial charge in [0.25, 0.3) is 0 Å². The molecule has 0 spiro atoms. The van der Waals surface area contributed by atoms with Crippen molar-refractivity contribution >= 4 is 22.7 Å². The van der Waals surface area contributed by atoms with E-state index >= 15 is 0 Å². The molecule has 0 bridgehead atoms. The largest absolute Gasteiger partial charge is 0.478 e. The molecule has 0 radical (unpaired) electrons. The summed E-state index contributed by atoms with van der Waals surface area (Å²) in [5.41, 5.74) is 1.06. The number of benzene rings is 1. The van der Waals surface area contributed by atoms with Crippen LogP contribution in [0.25, 0.3) is 10.9 Å². The summed E-state index contributed by atoms with van der Waals surface area (Å²) in [7, 11) is 2.09. The molecule has 0 atom stereocenters. The second-order valence-electron chi connectivity index (χ2n) is 5.75. The zero-order chi connectivity index (χ0) is 14.8. The van der Waals surface area contributed by atoms with Crippen molar-refractivity contribution in [3.63, 3.8) is 0 Å². The smallest absolute Gasteiger partial charge is 0.336 e. The van der Waals surface area contributed by atoms with E-state index in [9.17, 15) is 9.90 Å². The highest BCUT2D eigenvalue weighted by Gasteiger charge is 2.19. The molecule has 21 heavy (non-hydrogen) atoms. The molecular formula is C17H20N2O2. The van der Waals surface area contributed by atoms with Gasteiger partial charge in [-0.1, -0.05) is 25.3 Å². The molecule has 0 amide bonds. The maximum Gasteiger partial charge on any atom is 0.336 e. The van der Waals surface area contributed by atoms with Gasteiger partial charge in [0.2, 0.25) is 0 Å². The van der Waals surface area contributed by atoms with Crippen molar-refractivity contribution in [2.75, 3.05) is 11.9 Å². The number of anilines is 1. The molecule has 1 aromatic heterocycles. The molecule has 1 fully saturated rings. The number of rotatable bonds is 3. The van der Waals surface area contributed by atoms with Gasteiger partial charge in [0.15, 0.2) is 0 Å². The van der Waals surface area contributed by atoms with Gasteiger partial charge in [-0.15, -0.1) is 0 Å². The van der Waals surface area contributed by atoms with Crippen molar-refractivity contribution in [3.8, 4) is 0 Å². The minimum atomic E-state index is -0.907. The number of pyridine rings is 1. The molecule has 0 unspecified atom stereocenters. The second-order valence-corrected chi connectivity index (χ2v) is 5.75. The fourth-order valence-corrected chi connectivity index (χ4v) is 3.18. The van der Waals surface area contributed by atoms with Gasteiger partial charge in [0.1, 0.15) is 5.82 Å². The Bertz CT molecular complexity index is 663. The van der Waals surface area contributed by atoms with Crippen molar-refractivity contribution < 1.29 is 9.90 Å². The van der Waals surface area contributed by atoms with E-state index < -0.39 is 5.97 Å². The first kappa shape index (κ1) is 13.9. The lowest BCUT2D eigenvalue weighted by atomic mass is 9.94. The Balaban J connectivity index is 1.95. The molecule has 2 aromatic rings. The van der Waals surface area contributed by atoms with E-state index in [4.69, 9.17) is 0 Å². The third kappa shape index (κ3) is 2.71. The summed E-state index contributed by atoms with van der Waals surface area (Å²) in [4.78, 5) is 18.1. The fraction of sp³-hybridized carbons (Fsp3) is 0.412. The molecule has 0 aliphatic heterocycles. The van der Waals surface area contributed by atoms with Gasteiger partial charge in [-0.25, -0.2) is 9.78 Å². The van der Waals surface area contributed by atoms with E-state index in [0.717, 1.165) is 11.3 Å². The van der Waals surface area contributed by atoms with Crippen LogP contribution in [-0.2, 0) is 0 Å². The van der Waals surface area contributed by atoms with Crippen molar-refractivity contribution in [2.45, 2.75) is 38.1 Å². The Labute approximate surface area is 124 Å². The van der Waals surface area contributed by atoms with Crippen molar-refractivity contribution in [1.29, 1.82) is 0 Å². The predicted molar refractivity (Wildman–Crippen MR) is 84.0 cm³/mol. The first-order valence-electron chi connectivity index (χ1n) is 7.53. The second kappa shape index (κ2) is 5.72. The molecule has 1 aromatic carbocycles. The molecule has 1 heterocycles. The minimum Gasteiger partial charge on any atom is -0.478 e. The van der Waals surface area contributed by atoms with Gasteiger partial charge in [-0.3, -0.25) is 0 Å². The number of fused-ring (bicyclic) bond motifs is 1. The number of nitrogens with zero attached hydrogens (tertiary/aromatic N) is 2. The lowest BCUT2D eigenvalue weighted by Gasteiger charge is -2.32. The van der Waals surface area contributed by atoms with Gasteiger partial charge >= 0.3 is 5.97 Å². The molecule has 0 saturated heterocycles. The van der Waals surface area contributed by atoms with Crippen LogP contribution in [0.15, 0.2) is 30.3 Å². The zero-order valence-corrected chi connectivity index (χ0v) is 12.2. The van der Waals surface area contributed by atoms with Crippen LogP contribution in [0.1, 0.15) is 42.5 Å². The predicted octanol–water partition coefficient (Wildman–Crippen LogP) is 3.70. The third-order valence-electron chi connectivity index (χ3n) is 4.43. The summed E-state index contributed by atoms with van der Waals surface area (Å²) in [6, 6.07) is 9.61. The topological polar surface area (TPSA) is 53.4 Å². The van der Waals surface area contributed by atoms with Gasteiger partial charge < -0.3 is 10.0 Å². The summed E-state index contributed by atoms with van der Waals surface area (Å²) < 4.78 is 0. The number of aromatic carboxylic acids is 1. The monoisotopic (exact) mass is 284 g/mol. The number of aromatic nitrogens is 1. The van der Waals surface area contributed by atoms with E-state index in [-0.39, 0.29) is 0 Å². The average Bonchev–Trinajstić information content (AvgIpc) is 2.53. The van der Waals surface area contributed by atoms with Crippen LogP contribution < -0.4 is 4.90 Å². The van der Waals surface area contributed by atoms with Crippen LogP contribution in [0, 0.1) is 0 Å². The highest BCUT2D eigenvalue weighted by molar-refractivity contribution is 6.02. The molecule has 3 rings (SSSR count). The van der Waals surface area contributed by atoms with E-state index in [0.29, 0.717) is 17.0 Å². The summed E-state index contributed by atoms with van der Waals surface area (Å²) >= 11 is 0. The van der Waals surface area contributed by atoms with E-state index in [1.165, 1.54) is 32.1 Å². The molecule has 1 N–H and O–H groups in total. The first-order chi connectivity index (χ1) is 10.2. The number of carboxylic acid groups (broad SMARTS) is 1. The summed E-state index contributed by atoms with van der Waals surface area (Å²) in [6.45, 7) is 0. The Morgan fingerprint density at radius 2 is 1.95 bits per heavy atom. The average molecular weight is 284 g/mol. The lowest BCUT2D eigenvalue weighted by Crippen LogP contribution is -2.33. The fourth-order valence-electron chi connectivity index (χ4n) is 3.18. The number of carboxylic acids is 1. The van der Waals surface area contributed by atoms with Crippen LogP contribution in [-0.4, -0.2) is 29.1 Å². The molecule has 1 saturated carbocycles. The van der Waals surface area contributed by atoms with Gasteiger partial charge in [0, 0.05) is 18.5 Å². The third-order valence-corrected chi connectivity index (χ3v) is 4.43. The number of hydrogen-bond acceptors (Lipinski definition) is 3. The normalized spacial score (nSPS) is 16.0. The van der Waals surface area contributed by atoms with Crippen molar-refractivity contribution in [2.24, 2.45) is 0 Å². The minimum absolute atomic E-state index is 0.312. The van der Waals surface area contributed by atoms with Gasteiger partial charge in [-0.05, 0) is 37.1 Å². The Morgan fingerprint density at radius 3 is 2.67 bits per heavy atom. The van der Waals surface area contributed by atoms with Gasteiger partial charge in [0.05, 0.1) is 11.1 Å². The van der Waals surface area contributed by atoms with Crippen molar-refractivity contribution in [1.82, 2.24) is 4.98 Å². The van der Waals surface area contributed by atoms with E-state index in [1.54, 1.807) is 12.1 Å². The van der Waals surface area contributed by atoms with Crippen LogP contribution >= 0.6 is 0 Å². The maximum absolute atomic E-state index is 11.2.